The molecule has 1 aromatic heterocycles. The molecule has 0 unspecified atom stereocenters. The normalized spacial score (nSPS) is 9.64. The molecule has 0 radical (unpaired) electrons. The smallest absolute Gasteiger partial charge is 0.340 e. The highest BCUT2D eigenvalue weighted by atomic mass is 35.5. The Morgan fingerprint density at radius 1 is 1.18 bits per heavy atom. The molecule has 22 heavy (non-hydrogen) atoms. The van der Waals surface area contributed by atoms with Gasteiger partial charge in [-0.05, 0) is 30.3 Å². The molecule has 0 saturated heterocycles. The number of rotatable bonds is 2. The van der Waals surface area contributed by atoms with Gasteiger partial charge in [0.2, 0.25) is 11.9 Å². The third-order valence-electron chi connectivity index (χ3n) is 2.26. The van der Waals surface area contributed by atoms with Crippen molar-refractivity contribution in [2.24, 2.45) is 5.73 Å². The average molecular weight is 332 g/mol. The van der Waals surface area contributed by atoms with Crippen LogP contribution in [0.15, 0.2) is 30.3 Å². The lowest BCUT2D eigenvalue weighted by atomic mass is 10.2. The molecular formula is C13H9ClF3N3O2. The van der Waals surface area contributed by atoms with Gasteiger partial charge in [-0.1, -0.05) is 11.6 Å². The van der Waals surface area contributed by atoms with Crippen LogP contribution in [0.2, 0.25) is 5.02 Å². The highest BCUT2D eigenvalue weighted by Crippen LogP contribution is 2.13. The van der Waals surface area contributed by atoms with Gasteiger partial charge < -0.3 is 10.8 Å². The predicted octanol–water partition coefficient (Wildman–Crippen LogP) is 2.82. The second-order valence-corrected chi connectivity index (χ2v) is 4.25. The van der Waals surface area contributed by atoms with E-state index in [1.165, 1.54) is 18.2 Å². The number of amidine groups is 1. The monoisotopic (exact) mass is 331 g/mol. The quantitative estimate of drug-likeness (QED) is 0.447. The van der Waals surface area contributed by atoms with Crippen molar-refractivity contribution < 1.29 is 23.1 Å². The Morgan fingerprint density at radius 2 is 1.82 bits per heavy atom. The Balaban J connectivity index is 0.000000220. The van der Waals surface area contributed by atoms with Crippen LogP contribution in [-0.4, -0.2) is 21.9 Å². The summed E-state index contributed by atoms with van der Waals surface area (Å²) in [5.41, 5.74) is 4.47. The summed E-state index contributed by atoms with van der Waals surface area (Å²) in [5.74, 6) is -4.65. The SMILES string of the molecule is N=C(N)c1cc(Cl)ccc1F.O=C(O)c1ccc(F)nc1F. The average Bonchev–Trinajstić information content (AvgIpc) is 2.41. The fraction of sp³-hybridized carbons (Fsp3) is 0. The van der Waals surface area contributed by atoms with Crippen LogP contribution in [0.4, 0.5) is 13.2 Å². The maximum atomic E-state index is 12.7. The third kappa shape index (κ3) is 4.74. The molecule has 0 atom stereocenters. The summed E-state index contributed by atoms with van der Waals surface area (Å²) in [6.45, 7) is 0. The first kappa shape index (κ1) is 17.4. The van der Waals surface area contributed by atoms with Crippen LogP contribution in [0.25, 0.3) is 0 Å². The van der Waals surface area contributed by atoms with E-state index in [9.17, 15) is 18.0 Å². The van der Waals surface area contributed by atoms with Gasteiger partial charge >= 0.3 is 5.97 Å². The van der Waals surface area contributed by atoms with E-state index in [4.69, 9.17) is 27.9 Å². The van der Waals surface area contributed by atoms with Gasteiger partial charge in [0.15, 0.2) is 0 Å². The largest absolute Gasteiger partial charge is 0.478 e. The number of aromatic nitrogens is 1. The van der Waals surface area contributed by atoms with Crippen LogP contribution < -0.4 is 5.73 Å². The molecular weight excluding hydrogens is 323 g/mol. The molecule has 0 bridgehead atoms. The number of carbonyl (C=O) groups is 1. The van der Waals surface area contributed by atoms with Crippen molar-refractivity contribution in [3.63, 3.8) is 0 Å². The van der Waals surface area contributed by atoms with Crippen LogP contribution in [0.3, 0.4) is 0 Å². The highest BCUT2D eigenvalue weighted by molar-refractivity contribution is 6.31. The van der Waals surface area contributed by atoms with Crippen molar-refractivity contribution in [1.29, 1.82) is 5.41 Å². The van der Waals surface area contributed by atoms with E-state index < -0.39 is 29.2 Å². The first-order valence-corrected chi connectivity index (χ1v) is 5.95. The Morgan fingerprint density at radius 3 is 2.27 bits per heavy atom. The topological polar surface area (TPSA) is 100 Å². The standard InChI is InChI=1S/C7H6ClFN2.C6H3F2NO2/c8-4-1-2-6(9)5(3-4)7(10)11;7-4-2-1-3(6(10)11)5(8)9-4/h1-3H,(H3,10,11);1-2H,(H,10,11). The molecule has 1 heterocycles. The van der Waals surface area contributed by atoms with Crippen molar-refractivity contribution in [3.05, 3.63) is 64.2 Å². The van der Waals surface area contributed by atoms with E-state index >= 15 is 0 Å². The molecule has 9 heteroatoms. The maximum absolute atomic E-state index is 12.7. The van der Waals surface area contributed by atoms with Crippen LogP contribution in [0.1, 0.15) is 15.9 Å². The van der Waals surface area contributed by atoms with Crippen LogP contribution in [0, 0.1) is 23.1 Å². The zero-order valence-electron chi connectivity index (χ0n) is 10.8. The van der Waals surface area contributed by atoms with E-state index in [1.54, 1.807) is 0 Å². The zero-order chi connectivity index (χ0) is 16.9. The summed E-state index contributed by atoms with van der Waals surface area (Å²) in [6, 6.07) is 5.51. The van der Waals surface area contributed by atoms with E-state index in [0.717, 1.165) is 12.1 Å². The number of halogens is 4. The van der Waals surface area contributed by atoms with Gasteiger partial charge in [-0.3, -0.25) is 5.41 Å². The minimum absolute atomic E-state index is 0.0394. The molecule has 2 aromatic rings. The van der Waals surface area contributed by atoms with E-state index in [-0.39, 0.29) is 11.4 Å². The lowest BCUT2D eigenvalue weighted by Crippen LogP contribution is -2.12. The Hall–Kier alpha value is -2.61. The number of nitrogens with zero attached hydrogens (tertiary/aromatic N) is 1. The zero-order valence-corrected chi connectivity index (χ0v) is 11.5. The van der Waals surface area contributed by atoms with Crippen molar-refractivity contribution in [2.45, 2.75) is 0 Å². The summed E-state index contributed by atoms with van der Waals surface area (Å²) in [4.78, 5) is 12.8. The molecule has 5 nitrogen and oxygen atoms in total. The van der Waals surface area contributed by atoms with Gasteiger partial charge in [-0.2, -0.15) is 13.8 Å². The van der Waals surface area contributed by atoms with Gasteiger partial charge in [0.25, 0.3) is 0 Å². The molecule has 116 valence electrons. The number of nitrogens with two attached hydrogens (primary N) is 1. The van der Waals surface area contributed by atoms with Gasteiger partial charge in [0.05, 0.1) is 5.56 Å². The summed E-state index contributed by atoms with van der Waals surface area (Å²) in [5, 5.41) is 15.6. The maximum Gasteiger partial charge on any atom is 0.340 e. The van der Waals surface area contributed by atoms with Crippen molar-refractivity contribution >= 4 is 23.4 Å². The number of pyridine rings is 1. The predicted molar refractivity (Wildman–Crippen MR) is 73.5 cm³/mol. The summed E-state index contributed by atoms with van der Waals surface area (Å²) < 4.78 is 37.2. The first-order chi connectivity index (χ1) is 10.2. The fourth-order valence-corrected chi connectivity index (χ4v) is 1.45. The first-order valence-electron chi connectivity index (χ1n) is 5.57. The molecule has 2 rings (SSSR count). The molecule has 1 aromatic carbocycles. The Bertz CT molecular complexity index is 726. The Kier molecular flexibility index (Phi) is 5.88. The molecule has 0 saturated carbocycles. The van der Waals surface area contributed by atoms with E-state index in [2.05, 4.69) is 4.98 Å². The van der Waals surface area contributed by atoms with Crippen LogP contribution in [0.5, 0.6) is 0 Å². The molecule has 0 spiro atoms. The second-order valence-electron chi connectivity index (χ2n) is 3.82. The number of benzene rings is 1. The van der Waals surface area contributed by atoms with Crippen molar-refractivity contribution in [1.82, 2.24) is 4.98 Å². The van der Waals surface area contributed by atoms with Crippen molar-refractivity contribution in [2.75, 3.05) is 0 Å². The van der Waals surface area contributed by atoms with Gasteiger partial charge in [0.1, 0.15) is 17.2 Å². The number of nitrogens with one attached hydrogen (secondary N) is 1. The summed E-state index contributed by atoms with van der Waals surface area (Å²) in [7, 11) is 0. The van der Waals surface area contributed by atoms with E-state index in [1.807, 2.05) is 0 Å². The number of carboxylic acid groups (broad SMARTS) is 1. The lowest BCUT2D eigenvalue weighted by Gasteiger charge is -1.99. The summed E-state index contributed by atoms with van der Waals surface area (Å²) in [6.07, 6.45) is 0. The third-order valence-corrected chi connectivity index (χ3v) is 2.50. The number of aromatic carboxylic acids is 1. The number of nitrogen functional groups attached to an aromatic ring is 1. The molecule has 0 aliphatic carbocycles. The molecule has 0 aliphatic rings. The number of hydrogen-bond donors (Lipinski definition) is 3. The fourth-order valence-electron chi connectivity index (χ4n) is 1.28. The van der Waals surface area contributed by atoms with Crippen LogP contribution in [-0.2, 0) is 0 Å². The number of carboxylic acids is 1. The lowest BCUT2D eigenvalue weighted by molar-refractivity contribution is 0.0690. The molecule has 4 N–H and O–H groups in total. The molecule has 0 fully saturated rings. The summed E-state index contributed by atoms with van der Waals surface area (Å²) >= 11 is 5.54. The van der Waals surface area contributed by atoms with Gasteiger partial charge in [-0.15, -0.1) is 0 Å². The molecule has 0 amide bonds. The van der Waals surface area contributed by atoms with Crippen LogP contribution >= 0.6 is 11.6 Å². The van der Waals surface area contributed by atoms with Crippen molar-refractivity contribution in [3.8, 4) is 0 Å². The Labute approximate surface area is 127 Å². The van der Waals surface area contributed by atoms with Gasteiger partial charge in [0, 0.05) is 5.02 Å². The van der Waals surface area contributed by atoms with Gasteiger partial charge in [-0.25, -0.2) is 9.18 Å². The highest BCUT2D eigenvalue weighted by Gasteiger charge is 2.11. The number of hydrogen-bond acceptors (Lipinski definition) is 3. The second kappa shape index (κ2) is 7.41. The minimum Gasteiger partial charge on any atom is -0.478 e. The van der Waals surface area contributed by atoms with E-state index in [0.29, 0.717) is 5.02 Å². The minimum atomic E-state index is -1.46. The molecule has 0 aliphatic heterocycles.